The molecule has 0 bridgehead atoms. The quantitative estimate of drug-likeness (QED) is 0.653. The molecule has 2 heteroatoms. The van der Waals surface area contributed by atoms with Crippen LogP contribution in [0.5, 0.6) is 0 Å². The van der Waals surface area contributed by atoms with Gasteiger partial charge in [0, 0.05) is 16.4 Å². The molecule has 0 aliphatic heterocycles. The van der Waals surface area contributed by atoms with Gasteiger partial charge in [-0.25, -0.2) is 0 Å². The van der Waals surface area contributed by atoms with Crippen LogP contribution in [0.3, 0.4) is 0 Å². The fourth-order valence-electron chi connectivity index (χ4n) is 2.43. The molecule has 0 saturated heterocycles. The molecule has 0 radical (unpaired) electrons. The van der Waals surface area contributed by atoms with Crippen LogP contribution in [0.1, 0.15) is 31.0 Å². The fourth-order valence-corrected chi connectivity index (χ4v) is 3.20. The van der Waals surface area contributed by atoms with Crippen molar-refractivity contribution in [2.24, 2.45) is 0 Å². The summed E-state index contributed by atoms with van der Waals surface area (Å²) in [7, 11) is 0. The molecular formula is C18H19NS. The van der Waals surface area contributed by atoms with Gasteiger partial charge in [0.1, 0.15) is 0 Å². The number of hydrogen-bond acceptors (Lipinski definition) is 2. The summed E-state index contributed by atoms with van der Waals surface area (Å²) in [5, 5.41) is 7.04. The lowest BCUT2D eigenvalue weighted by molar-refractivity contribution is 0.883. The molecule has 1 nitrogen and oxygen atoms in total. The Morgan fingerprint density at radius 1 is 1.05 bits per heavy atom. The highest BCUT2D eigenvalue weighted by atomic mass is 32.1. The molecule has 3 rings (SSSR count). The lowest BCUT2D eigenvalue weighted by Crippen LogP contribution is -2.06. The Morgan fingerprint density at radius 3 is 2.60 bits per heavy atom. The maximum absolute atomic E-state index is 3.58. The van der Waals surface area contributed by atoms with Crippen molar-refractivity contribution in [3.05, 3.63) is 65.0 Å². The average molecular weight is 281 g/mol. The summed E-state index contributed by atoms with van der Waals surface area (Å²) in [5.41, 5.74) is 3.90. The summed E-state index contributed by atoms with van der Waals surface area (Å²) in [6.07, 6.45) is 1.09. The van der Waals surface area contributed by atoms with Crippen LogP contribution in [0.2, 0.25) is 0 Å². The molecule has 1 unspecified atom stereocenters. The van der Waals surface area contributed by atoms with Gasteiger partial charge in [-0.15, -0.1) is 11.3 Å². The van der Waals surface area contributed by atoms with Gasteiger partial charge in [-0.05, 0) is 59.5 Å². The Balaban J connectivity index is 1.78. The smallest absolute Gasteiger partial charge is 0.0485 e. The third-order valence-corrected chi connectivity index (χ3v) is 4.62. The summed E-state index contributed by atoms with van der Waals surface area (Å²) < 4.78 is 1.34. The number of nitrogens with one attached hydrogen (secondary N) is 1. The van der Waals surface area contributed by atoms with Crippen LogP contribution >= 0.6 is 11.3 Å². The number of fused-ring (bicyclic) bond motifs is 1. The number of anilines is 1. The van der Waals surface area contributed by atoms with Crippen molar-refractivity contribution >= 4 is 27.1 Å². The lowest BCUT2D eigenvalue weighted by atomic mass is 10.0. The zero-order chi connectivity index (χ0) is 13.9. The molecule has 0 amide bonds. The van der Waals surface area contributed by atoms with Crippen molar-refractivity contribution in [1.82, 2.24) is 0 Å². The van der Waals surface area contributed by atoms with Crippen LogP contribution < -0.4 is 5.32 Å². The number of rotatable bonds is 4. The summed E-state index contributed by atoms with van der Waals surface area (Å²) >= 11 is 1.79. The van der Waals surface area contributed by atoms with Crippen LogP contribution in [-0.4, -0.2) is 0 Å². The van der Waals surface area contributed by atoms with Crippen LogP contribution in [-0.2, 0) is 6.42 Å². The third-order valence-electron chi connectivity index (χ3n) is 3.72. The third kappa shape index (κ3) is 2.70. The van der Waals surface area contributed by atoms with E-state index in [1.165, 1.54) is 26.9 Å². The monoisotopic (exact) mass is 281 g/mol. The Labute approximate surface area is 124 Å². The molecule has 1 aromatic heterocycles. The van der Waals surface area contributed by atoms with E-state index in [0.717, 1.165) is 6.42 Å². The Kier molecular flexibility index (Phi) is 3.75. The molecule has 1 atom stereocenters. The number of hydrogen-bond donors (Lipinski definition) is 1. The molecule has 0 spiro atoms. The molecule has 0 saturated carbocycles. The largest absolute Gasteiger partial charge is 0.379 e. The molecule has 0 aliphatic rings. The lowest BCUT2D eigenvalue weighted by Gasteiger charge is -2.16. The summed E-state index contributed by atoms with van der Waals surface area (Å²) in [5.74, 6) is 0. The van der Waals surface area contributed by atoms with E-state index in [9.17, 15) is 0 Å². The Bertz CT molecular complexity index is 697. The van der Waals surface area contributed by atoms with E-state index in [1.807, 2.05) is 0 Å². The van der Waals surface area contributed by atoms with E-state index in [0.29, 0.717) is 6.04 Å². The van der Waals surface area contributed by atoms with E-state index in [4.69, 9.17) is 0 Å². The Hall–Kier alpha value is -1.80. The molecule has 20 heavy (non-hydrogen) atoms. The van der Waals surface area contributed by atoms with Crippen LogP contribution in [0.25, 0.3) is 10.1 Å². The first kappa shape index (κ1) is 13.2. The topological polar surface area (TPSA) is 12.0 Å². The molecule has 1 heterocycles. The van der Waals surface area contributed by atoms with Gasteiger partial charge in [0.25, 0.3) is 0 Å². The zero-order valence-electron chi connectivity index (χ0n) is 11.9. The second kappa shape index (κ2) is 5.68. The minimum absolute atomic E-state index is 0.317. The molecule has 0 fully saturated rings. The fraction of sp³-hybridized carbons (Fsp3) is 0.222. The SMILES string of the molecule is CCc1ccc(C(C)Nc2ccc3sccc3c2)cc1. The van der Waals surface area contributed by atoms with E-state index in [1.54, 1.807) is 11.3 Å². The predicted molar refractivity (Wildman–Crippen MR) is 89.7 cm³/mol. The van der Waals surface area contributed by atoms with Gasteiger partial charge < -0.3 is 5.32 Å². The average Bonchev–Trinajstić information content (AvgIpc) is 2.95. The minimum Gasteiger partial charge on any atom is -0.379 e. The molecule has 0 aliphatic carbocycles. The highest BCUT2D eigenvalue weighted by Crippen LogP contribution is 2.26. The number of aryl methyl sites for hydroxylation is 1. The second-order valence-electron chi connectivity index (χ2n) is 5.13. The van der Waals surface area contributed by atoms with Gasteiger partial charge in [-0.1, -0.05) is 31.2 Å². The Morgan fingerprint density at radius 2 is 1.85 bits per heavy atom. The van der Waals surface area contributed by atoms with Crippen molar-refractivity contribution in [1.29, 1.82) is 0 Å². The van der Waals surface area contributed by atoms with Crippen molar-refractivity contribution < 1.29 is 0 Å². The minimum atomic E-state index is 0.317. The van der Waals surface area contributed by atoms with Gasteiger partial charge in [0.2, 0.25) is 0 Å². The van der Waals surface area contributed by atoms with Crippen molar-refractivity contribution in [3.8, 4) is 0 Å². The van der Waals surface area contributed by atoms with Crippen LogP contribution in [0.15, 0.2) is 53.9 Å². The van der Waals surface area contributed by atoms with Crippen molar-refractivity contribution in [2.75, 3.05) is 5.32 Å². The summed E-state index contributed by atoms with van der Waals surface area (Å²) in [6.45, 7) is 4.39. The first-order valence-corrected chi connectivity index (χ1v) is 7.97. The van der Waals surface area contributed by atoms with E-state index in [2.05, 4.69) is 73.1 Å². The molecule has 3 aromatic rings. The van der Waals surface area contributed by atoms with Gasteiger partial charge in [-0.3, -0.25) is 0 Å². The first-order valence-electron chi connectivity index (χ1n) is 7.09. The predicted octanol–water partition coefficient (Wildman–Crippen LogP) is 5.64. The van der Waals surface area contributed by atoms with Crippen molar-refractivity contribution in [2.45, 2.75) is 26.3 Å². The van der Waals surface area contributed by atoms with Crippen LogP contribution in [0, 0.1) is 0 Å². The first-order chi connectivity index (χ1) is 9.76. The number of benzene rings is 2. The highest BCUT2D eigenvalue weighted by Gasteiger charge is 2.06. The van der Waals surface area contributed by atoms with E-state index >= 15 is 0 Å². The summed E-state index contributed by atoms with van der Waals surface area (Å²) in [4.78, 5) is 0. The molecule has 102 valence electrons. The normalized spacial score (nSPS) is 12.5. The van der Waals surface area contributed by atoms with Gasteiger partial charge >= 0.3 is 0 Å². The second-order valence-corrected chi connectivity index (χ2v) is 6.08. The van der Waals surface area contributed by atoms with E-state index in [-0.39, 0.29) is 0 Å². The number of thiophene rings is 1. The molecule has 2 aromatic carbocycles. The zero-order valence-corrected chi connectivity index (χ0v) is 12.7. The van der Waals surface area contributed by atoms with Crippen LogP contribution in [0.4, 0.5) is 5.69 Å². The summed E-state index contributed by atoms with van der Waals surface area (Å²) in [6, 6.07) is 17.9. The molecule has 1 N–H and O–H groups in total. The van der Waals surface area contributed by atoms with Crippen molar-refractivity contribution in [3.63, 3.8) is 0 Å². The standard InChI is InChI=1S/C18H19NS/c1-3-14-4-6-15(7-5-14)13(2)19-17-8-9-18-16(12-17)10-11-20-18/h4-13,19H,3H2,1-2H3. The molecular weight excluding hydrogens is 262 g/mol. The van der Waals surface area contributed by atoms with Gasteiger partial charge in [0.15, 0.2) is 0 Å². The van der Waals surface area contributed by atoms with Gasteiger partial charge in [-0.2, -0.15) is 0 Å². The maximum atomic E-state index is 3.58. The maximum Gasteiger partial charge on any atom is 0.0485 e. The van der Waals surface area contributed by atoms with E-state index < -0.39 is 0 Å². The highest BCUT2D eigenvalue weighted by molar-refractivity contribution is 7.17. The van der Waals surface area contributed by atoms with Gasteiger partial charge in [0.05, 0.1) is 0 Å².